The third kappa shape index (κ3) is 14.8. The van der Waals surface area contributed by atoms with Crippen LogP contribution in [0.4, 0.5) is 0 Å². The molecular weight excluding hydrogens is 1150 g/mol. The van der Waals surface area contributed by atoms with Gasteiger partial charge in [-0.25, -0.2) is 9.36 Å². The Bertz CT molecular complexity index is 2010. The number of carbonyl (C=O) groups is 1. The molecule has 0 spiro atoms. The number of aliphatic hydroxyl groups excluding tert-OH is 21. The Kier molecular flexibility index (Phi) is 24.0. The molecule has 6 aliphatic heterocycles. The van der Waals surface area contributed by atoms with Crippen LogP contribution in [0.1, 0.15) is 6.42 Å². The molecule has 0 aromatic carbocycles. The van der Waals surface area contributed by atoms with Crippen molar-refractivity contribution in [3.8, 4) is 0 Å². The minimum absolute atomic E-state index is 0.961. The number of hydrogen-bond donors (Lipinski definition) is 25. The highest BCUT2D eigenvalue weighted by atomic mass is 31.2. The van der Waals surface area contributed by atoms with Crippen molar-refractivity contribution < 1.29 is 193 Å². The molecule has 6 aliphatic rings. The average Bonchev–Trinajstić information content (AvgIpc) is 3.59. The summed E-state index contributed by atoms with van der Waals surface area (Å²) in [5, 5.41) is 246. The molecule has 0 saturated carbocycles. The summed E-state index contributed by atoms with van der Waals surface area (Å²) < 4.78 is 79.4. The van der Waals surface area contributed by atoms with Gasteiger partial charge in [-0.1, -0.05) is 0 Å². The molecule has 25 N–H and O–H groups in total. The van der Waals surface area contributed by atoms with E-state index in [-0.39, 0.29) is 0 Å². The lowest BCUT2D eigenvalue weighted by atomic mass is 9.91. The molecule has 6 fully saturated rings. The summed E-state index contributed by atoms with van der Waals surface area (Å²) in [6.45, 7) is -7.42. The van der Waals surface area contributed by atoms with E-state index in [9.17, 15) is 137 Å². The summed E-state index contributed by atoms with van der Waals surface area (Å²) in [5.74, 6) is -5.76. The Balaban J connectivity index is 1.45. The van der Waals surface area contributed by atoms with Crippen LogP contribution in [0, 0.1) is 0 Å². The largest absolute Gasteiger partial charge is 0.477 e. The Morgan fingerprint density at radius 2 is 0.827 bits per heavy atom. The molecule has 6 rings (SSSR count). The number of phosphoric ester groups is 1. The van der Waals surface area contributed by atoms with Crippen LogP contribution in [0.25, 0.3) is 0 Å². The molecule has 40 heteroatoms. The topological polar surface area (TPSA) is 651 Å². The number of aliphatic carboxylic acids is 1. The normalized spacial score (nSPS) is 48.0. The maximum Gasteiger partial charge on any atom is 0.469 e. The van der Waals surface area contributed by atoms with Gasteiger partial charge >= 0.3 is 13.8 Å². The first-order valence-corrected chi connectivity index (χ1v) is 26.2. The van der Waals surface area contributed by atoms with Crippen molar-refractivity contribution in [1.29, 1.82) is 0 Å². The van der Waals surface area contributed by atoms with E-state index in [0.29, 0.717) is 0 Å². The standard InChI is InChI=1S/C41H71O39P/c42-2-8(48)26-18(55)17(54)23(60)37(71-26)77-33-20(57)19(56)27(9(49)3-43)72-39(33)76-32-25(62)38(75-31-12(80-81(66,67)68)1-41(65,40(63)64)79-29(31)11(51)5-45)73-28(10(50)4-44)34(32)78-36-24(61)21(58)30(14(7-47)70-36)74-35-22(59)16(53)15(52)13(6-46)69-35/h8-39,42-62,65H,1-7H2,(H,63,64)(H2,66,67,68)/t8-,9-,10-,11+,12+,13+,14+,15-,16-,17-,18-,19-,20-,21+,22+,23-,24+,25-,26+,27+,28+,29+,30+,31+,32+,33-,34+,35-,36-,37+,38+,39+,41?/m0/s1. The molecule has 0 aromatic heterocycles. The minimum atomic E-state index is -5.85. The van der Waals surface area contributed by atoms with E-state index < -0.39 is 262 Å². The molecule has 0 amide bonds. The lowest BCUT2D eigenvalue weighted by Gasteiger charge is -2.52. The van der Waals surface area contributed by atoms with Crippen molar-refractivity contribution in [2.75, 3.05) is 39.6 Å². The molecule has 1 unspecified atom stereocenters. The van der Waals surface area contributed by atoms with Crippen LogP contribution in [-0.4, -0.2) is 375 Å². The van der Waals surface area contributed by atoms with Gasteiger partial charge in [-0.2, -0.15) is 0 Å². The maximum atomic E-state index is 12.4. The van der Waals surface area contributed by atoms with Crippen LogP contribution >= 0.6 is 7.82 Å². The zero-order chi connectivity index (χ0) is 60.5. The van der Waals surface area contributed by atoms with E-state index in [1.807, 2.05) is 0 Å². The highest BCUT2D eigenvalue weighted by molar-refractivity contribution is 7.46. The van der Waals surface area contributed by atoms with Gasteiger partial charge in [0.1, 0.15) is 165 Å². The van der Waals surface area contributed by atoms with Crippen LogP contribution < -0.4 is 0 Å². The van der Waals surface area contributed by atoms with Crippen molar-refractivity contribution in [2.24, 2.45) is 0 Å². The third-order valence-electron chi connectivity index (χ3n) is 14.2. The monoisotopic (exact) mass is 1220 g/mol. The SMILES string of the molecule is O=C(O)C1(O)C[C@@H](OP(=O)(O)O)[C@@H](O[C@H]2O[C@H]([C@@H](O)CO)[C@@H](O[C@@H]3O[C@H](CO)[C@@H](O[C@@H]4O[C@H](CO)[C@H](O)[C@H](O)[C@H]4O)[C@H](O)[C@H]3O)[C@H](O[C@H]3O[C@H]([C@@H](O)CO)[C@@H](O)[C@H](O)[C@@H]3O[C@H]3O[C@H]([C@@H](O)CO)[C@@H](O)[C@H](O)[C@@H]3O)[C@@H]2O)[C@@H]([C@H](O)CO)O1. The fraction of sp³-hybridized carbons (Fsp3) is 0.976. The van der Waals surface area contributed by atoms with Crippen LogP contribution in [0.3, 0.4) is 0 Å². The molecular formula is C41H71O39P. The summed E-state index contributed by atoms with van der Waals surface area (Å²) in [6, 6.07) is 0. The van der Waals surface area contributed by atoms with Crippen LogP contribution in [-0.2, 0) is 66.0 Å². The van der Waals surface area contributed by atoms with E-state index in [4.69, 9.17) is 56.6 Å². The molecule has 0 aromatic rings. The quantitative estimate of drug-likeness (QED) is 0.0423. The fourth-order valence-corrected chi connectivity index (χ4v) is 10.4. The van der Waals surface area contributed by atoms with Crippen molar-refractivity contribution in [3.05, 3.63) is 0 Å². The zero-order valence-corrected chi connectivity index (χ0v) is 42.7. The number of carboxylic acids is 1. The first kappa shape index (κ1) is 68.4. The van der Waals surface area contributed by atoms with Crippen LogP contribution in [0.2, 0.25) is 0 Å². The summed E-state index contributed by atoms with van der Waals surface area (Å²) >= 11 is 0. The van der Waals surface area contributed by atoms with E-state index in [1.165, 1.54) is 0 Å². The summed E-state index contributed by atoms with van der Waals surface area (Å²) in [5.41, 5.74) is 0. The second-order valence-corrected chi connectivity index (χ2v) is 21.0. The van der Waals surface area contributed by atoms with Gasteiger partial charge in [0.25, 0.3) is 5.79 Å². The Morgan fingerprint density at radius 3 is 1.35 bits per heavy atom. The maximum absolute atomic E-state index is 12.4. The lowest BCUT2D eigenvalue weighted by Crippen LogP contribution is -2.71. The molecule has 0 bridgehead atoms. The molecule has 474 valence electrons. The van der Waals surface area contributed by atoms with E-state index >= 15 is 0 Å². The van der Waals surface area contributed by atoms with Gasteiger partial charge < -0.3 is 179 Å². The molecule has 39 nitrogen and oxygen atoms in total. The molecule has 6 saturated heterocycles. The van der Waals surface area contributed by atoms with E-state index in [0.717, 1.165) is 0 Å². The fourth-order valence-electron chi connectivity index (χ4n) is 9.84. The summed E-state index contributed by atoms with van der Waals surface area (Å²) in [4.78, 5) is 31.9. The highest BCUT2D eigenvalue weighted by Crippen LogP contribution is 2.46. The highest BCUT2D eigenvalue weighted by Gasteiger charge is 2.62. The Labute approximate surface area is 454 Å². The number of hydrogen-bond acceptors (Lipinski definition) is 36. The number of ether oxygens (including phenoxy) is 11. The van der Waals surface area contributed by atoms with Gasteiger partial charge in [-0.15, -0.1) is 0 Å². The van der Waals surface area contributed by atoms with Crippen LogP contribution in [0.5, 0.6) is 0 Å². The Hall–Kier alpha value is -1.74. The Morgan fingerprint density at radius 1 is 0.444 bits per heavy atom. The number of carboxylic acid groups (broad SMARTS) is 1. The number of phosphoric acid groups is 1. The predicted molar refractivity (Wildman–Crippen MR) is 239 cm³/mol. The predicted octanol–water partition coefficient (Wildman–Crippen LogP) is -16.1. The zero-order valence-electron chi connectivity index (χ0n) is 41.8. The molecule has 0 radical (unpaired) electrons. The van der Waals surface area contributed by atoms with Gasteiger partial charge in [0.2, 0.25) is 0 Å². The van der Waals surface area contributed by atoms with Gasteiger partial charge in [0.05, 0.1) is 39.6 Å². The third-order valence-corrected chi connectivity index (χ3v) is 14.8. The smallest absolute Gasteiger partial charge is 0.469 e. The van der Waals surface area contributed by atoms with Crippen molar-refractivity contribution in [1.82, 2.24) is 0 Å². The first-order valence-electron chi connectivity index (χ1n) is 24.7. The minimum Gasteiger partial charge on any atom is -0.477 e. The second-order valence-electron chi connectivity index (χ2n) is 19.8. The van der Waals surface area contributed by atoms with Gasteiger partial charge in [0.15, 0.2) is 31.5 Å². The first-order chi connectivity index (χ1) is 37.9. The van der Waals surface area contributed by atoms with Gasteiger partial charge in [-0.05, 0) is 0 Å². The van der Waals surface area contributed by atoms with Crippen molar-refractivity contribution in [2.45, 2.75) is 208 Å². The van der Waals surface area contributed by atoms with Crippen molar-refractivity contribution >= 4 is 13.8 Å². The molecule has 33 atom stereocenters. The van der Waals surface area contributed by atoms with E-state index in [1.54, 1.807) is 0 Å². The lowest BCUT2D eigenvalue weighted by molar-refractivity contribution is -0.416. The van der Waals surface area contributed by atoms with Crippen LogP contribution in [0.15, 0.2) is 0 Å². The summed E-state index contributed by atoms with van der Waals surface area (Å²) in [6.07, 6.45) is -75.4. The van der Waals surface area contributed by atoms with Crippen molar-refractivity contribution in [3.63, 3.8) is 0 Å². The number of aliphatic hydroxyl groups is 22. The molecule has 0 aliphatic carbocycles. The van der Waals surface area contributed by atoms with Gasteiger partial charge in [-0.3, -0.25) is 4.52 Å². The van der Waals surface area contributed by atoms with E-state index in [2.05, 4.69) is 0 Å². The number of rotatable bonds is 23. The van der Waals surface area contributed by atoms with Gasteiger partial charge in [0, 0.05) is 6.42 Å². The summed E-state index contributed by atoms with van der Waals surface area (Å²) in [7, 11) is -5.85. The molecule has 6 heterocycles. The average molecular weight is 1220 g/mol. The second kappa shape index (κ2) is 28.4. The molecule has 81 heavy (non-hydrogen) atoms.